The van der Waals surface area contributed by atoms with Crippen LogP contribution < -0.4 is 4.31 Å². The van der Waals surface area contributed by atoms with E-state index < -0.39 is 15.9 Å². The molecule has 5 nitrogen and oxygen atoms in total. The summed E-state index contributed by atoms with van der Waals surface area (Å²) in [6.07, 6.45) is 3.92. The second-order valence-electron chi connectivity index (χ2n) is 9.56. The molecule has 0 spiro atoms. The van der Waals surface area contributed by atoms with Crippen molar-refractivity contribution < 1.29 is 17.6 Å². The third kappa shape index (κ3) is 4.27. The van der Waals surface area contributed by atoms with E-state index in [0.717, 1.165) is 63.4 Å². The van der Waals surface area contributed by atoms with Crippen molar-refractivity contribution in [3.8, 4) is 0 Å². The number of sulfonamides is 1. The quantitative estimate of drug-likeness (QED) is 0.311. The van der Waals surface area contributed by atoms with Gasteiger partial charge in [-0.1, -0.05) is 43.7 Å². The van der Waals surface area contributed by atoms with Gasteiger partial charge in [0, 0.05) is 22.9 Å². The van der Waals surface area contributed by atoms with Gasteiger partial charge in [0.25, 0.3) is 15.9 Å². The highest BCUT2D eigenvalue weighted by Gasteiger charge is 2.33. The molecule has 0 bridgehead atoms. The molecule has 1 aliphatic rings. The van der Waals surface area contributed by atoms with Crippen molar-refractivity contribution in [1.82, 2.24) is 0 Å². The Bertz CT molecular complexity index is 1500. The average molecular weight is 488 g/mol. The summed E-state index contributed by atoms with van der Waals surface area (Å²) in [7, 11) is -4.17. The first-order chi connectivity index (χ1) is 16.8. The Morgan fingerprint density at radius 2 is 1.60 bits per heavy atom. The SMILES string of the molecule is Cc1ccc(C(=O)N(c2ccc3oc4c(c3c2)CCCC4)S(=O)(=O)c2ccc(C(C)C)cc2)cc1. The van der Waals surface area contributed by atoms with Gasteiger partial charge in [0.05, 0.1) is 10.6 Å². The number of furan rings is 1. The Labute approximate surface area is 206 Å². The number of carbonyl (C=O) groups excluding carboxylic acids is 1. The minimum absolute atomic E-state index is 0.0803. The van der Waals surface area contributed by atoms with Crippen LogP contribution in [0.3, 0.4) is 0 Å². The number of fused-ring (bicyclic) bond motifs is 3. The molecule has 1 aliphatic carbocycles. The van der Waals surface area contributed by atoms with Gasteiger partial charge in [0.2, 0.25) is 0 Å². The van der Waals surface area contributed by atoms with Gasteiger partial charge in [-0.3, -0.25) is 4.79 Å². The Kier molecular flexibility index (Phi) is 6.01. The number of aryl methyl sites for hydroxylation is 3. The van der Waals surface area contributed by atoms with Crippen LogP contribution in [0.2, 0.25) is 0 Å². The van der Waals surface area contributed by atoms with E-state index in [-0.39, 0.29) is 10.8 Å². The van der Waals surface area contributed by atoms with E-state index in [2.05, 4.69) is 13.8 Å². The van der Waals surface area contributed by atoms with Crippen molar-refractivity contribution in [3.05, 3.63) is 94.7 Å². The molecule has 35 heavy (non-hydrogen) atoms. The molecule has 0 saturated heterocycles. The van der Waals surface area contributed by atoms with Gasteiger partial charge in [-0.05, 0) is 80.1 Å². The van der Waals surface area contributed by atoms with E-state index in [1.165, 1.54) is 0 Å². The first kappa shape index (κ1) is 23.4. The molecule has 6 heteroatoms. The molecule has 1 aromatic heterocycles. The number of rotatable bonds is 5. The van der Waals surface area contributed by atoms with Gasteiger partial charge in [-0.15, -0.1) is 0 Å². The third-order valence-electron chi connectivity index (χ3n) is 6.74. The summed E-state index contributed by atoms with van der Waals surface area (Å²) in [5, 5.41) is 0.879. The molecular formula is C29H29NO4S. The third-order valence-corrected chi connectivity index (χ3v) is 8.47. The van der Waals surface area contributed by atoms with E-state index >= 15 is 0 Å². The number of anilines is 1. The highest BCUT2D eigenvalue weighted by Crippen LogP contribution is 2.36. The monoisotopic (exact) mass is 487 g/mol. The standard InChI is InChI=1S/C29H29NO4S/c1-19(2)21-12-15-24(16-13-21)35(32,33)30(29(31)22-10-8-20(3)9-11-22)23-14-17-28-26(18-23)25-6-4-5-7-27(25)34-28/h8-19H,4-7H2,1-3H3. The fourth-order valence-electron chi connectivity index (χ4n) is 4.69. The molecule has 4 aromatic rings. The first-order valence-corrected chi connectivity index (χ1v) is 13.5. The molecule has 0 aliphatic heterocycles. The molecule has 1 amide bonds. The summed E-state index contributed by atoms with van der Waals surface area (Å²) in [6, 6.07) is 18.9. The molecule has 0 saturated carbocycles. The van der Waals surface area contributed by atoms with Crippen LogP contribution in [-0.2, 0) is 22.9 Å². The van der Waals surface area contributed by atoms with Gasteiger partial charge in [0.15, 0.2) is 0 Å². The van der Waals surface area contributed by atoms with E-state index in [1.54, 1.807) is 42.5 Å². The lowest BCUT2D eigenvalue weighted by Gasteiger charge is -2.23. The van der Waals surface area contributed by atoms with Crippen LogP contribution in [0.25, 0.3) is 11.0 Å². The molecule has 3 aromatic carbocycles. The summed E-state index contributed by atoms with van der Waals surface area (Å²) >= 11 is 0. The Morgan fingerprint density at radius 1 is 0.914 bits per heavy atom. The minimum atomic E-state index is -4.17. The molecule has 0 unspecified atom stereocenters. The number of carbonyl (C=O) groups is 1. The highest BCUT2D eigenvalue weighted by molar-refractivity contribution is 7.93. The van der Waals surface area contributed by atoms with Gasteiger partial charge in [0.1, 0.15) is 11.3 Å². The lowest BCUT2D eigenvalue weighted by Crippen LogP contribution is -2.37. The lowest BCUT2D eigenvalue weighted by atomic mass is 9.96. The zero-order chi connectivity index (χ0) is 24.7. The zero-order valence-corrected chi connectivity index (χ0v) is 21.1. The zero-order valence-electron chi connectivity index (χ0n) is 20.2. The fourth-order valence-corrected chi connectivity index (χ4v) is 6.09. The maximum absolute atomic E-state index is 13.9. The number of hydrogen-bond donors (Lipinski definition) is 0. The van der Waals surface area contributed by atoms with Gasteiger partial charge < -0.3 is 4.42 Å². The van der Waals surface area contributed by atoms with Crippen LogP contribution in [-0.4, -0.2) is 14.3 Å². The van der Waals surface area contributed by atoms with Gasteiger partial charge >= 0.3 is 0 Å². The summed E-state index contributed by atoms with van der Waals surface area (Å²) in [6.45, 7) is 6.03. The summed E-state index contributed by atoms with van der Waals surface area (Å²) in [4.78, 5) is 13.8. The highest BCUT2D eigenvalue weighted by atomic mass is 32.2. The molecule has 0 radical (unpaired) electrons. The summed E-state index contributed by atoms with van der Waals surface area (Å²) in [5.41, 5.74) is 4.49. The van der Waals surface area contributed by atoms with Crippen LogP contribution in [0, 0.1) is 6.92 Å². The Hall–Kier alpha value is -3.38. The Balaban J connectivity index is 1.66. The number of benzene rings is 3. The maximum Gasteiger partial charge on any atom is 0.272 e. The second-order valence-corrected chi connectivity index (χ2v) is 11.3. The van der Waals surface area contributed by atoms with Crippen molar-refractivity contribution in [1.29, 1.82) is 0 Å². The molecule has 0 fully saturated rings. The van der Waals surface area contributed by atoms with E-state index in [0.29, 0.717) is 11.3 Å². The minimum Gasteiger partial charge on any atom is -0.461 e. The lowest BCUT2D eigenvalue weighted by molar-refractivity contribution is 0.101. The summed E-state index contributed by atoms with van der Waals surface area (Å²) in [5.74, 6) is 0.647. The van der Waals surface area contributed by atoms with Crippen molar-refractivity contribution in [2.75, 3.05) is 4.31 Å². The largest absolute Gasteiger partial charge is 0.461 e. The molecule has 0 N–H and O–H groups in total. The molecule has 5 rings (SSSR count). The Morgan fingerprint density at radius 3 is 2.29 bits per heavy atom. The first-order valence-electron chi connectivity index (χ1n) is 12.1. The van der Waals surface area contributed by atoms with Gasteiger partial charge in [-0.25, -0.2) is 8.42 Å². The van der Waals surface area contributed by atoms with E-state index in [9.17, 15) is 13.2 Å². The number of nitrogens with zero attached hydrogens (tertiary/aromatic N) is 1. The average Bonchev–Trinajstić information content (AvgIpc) is 3.22. The van der Waals surface area contributed by atoms with Crippen LogP contribution in [0.1, 0.15) is 65.4 Å². The fraction of sp³-hybridized carbons (Fsp3) is 0.276. The predicted molar refractivity (Wildman–Crippen MR) is 139 cm³/mol. The maximum atomic E-state index is 13.9. The van der Waals surface area contributed by atoms with Crippen LogP contribution in [0.15, 0.2) is 76.0 Å². The molecule has 180 valence electrons. The van der Waals surface area contributed by atoms with Crippen LogP contribution in [0.5, 0.6) is 0 Å². The topological polar surface area (TPSA) is 67.6 Å². The molecule has 1 heterocycles. The van der Waals surface area contributed by atoms with Gasteiger partial charge in [-0.2, -0.15) is 4.31 Å². The van der Waals surface area contributed by atoms with E-state index in [4.69, 9.17) is 4.42 Å². The van der Waals surface area contributed by atoms with Crippen molar-refractivity contribution in [2.24, 2.45) is 0 Å². The van der Waals surface area contributed by atoms with Crippen molar-refractivity contribution in [3.63, 3.8) is 0 Å². The second kappa shape index (κ2) is 9.00. The smallest absolute Gasteiger partial charge is 0.272 e. The van der Waals surface area contributed by atoms with Crippen LogP contribution >= 0.6 is 0 Å². The normalized spacial score (nSPS) is 13.7. The van der Waals surface area contributed by atoms with Crippen LogP contribution in [0.4, 0.5) is 5.69 Å². The predicted octanol–water partition coefficient (Wildman–Crippen LogP) is 6.78. The number of hydrogen-bond acceptors (Lipinski definition) is 4. The molecular weight excluding hydrogens is 458 g/mol. The van der Waals surface area contributed by atoms with Crippen molar-refractivity contribution in [2.45, 2.75) is 57.3 Å². The van der Waals surface area contributed by atoms with E-state index in [1.807, 2.05) is 31.2 Å². The van der Waals surface area contributed by atoms with Crippen molar-refractivity contribution >= 4 is 32.6 Å². The molecule has 0 atom stereocenters. The number of amides is 1. The summed E-state index contributed by atoms with van der Waals surface area (Å²) < 4.78 is 34.9.